The van der Waals surface area contributed by atoms with Crippen molar-refractivity contribution < 1.29 is 43.5 Å². The topological polar surface area (TPSA) is 221 Å². The Morgan fingerprint density at radius 1 is 0.895 bits per heavy atom. The number of aromatic nitrogens is 2. The van der Waals surface area contributed by atoms with E-state index in [-0.39, 0.29) is 12.8 Å². The van der Waals surface area contributed by atoms with Gasteiger partial charge in [-0.1, -0.05) is 36.4 Å². The van der Waals surface area contributed by atoms with E-state index in [9.17, 15) is 19.5 Å². The summed E-state index contributed by atoms with van der Waals surface area (Å²) in [4.78, 5) is 44.3. The number of benzene rings is 2. The average Bonchev–Trinajstić information content (AvgIpc) is 3.17. The molecule has 0 bridgehead atoms. The van der Waals surface area contributed by atoms with Crippen molar-refractivity contribution in [1.82, 2.24) is 15.3 Å². The third-order valence-corrected chi connectivity index (χ3v) is 8.91. The lowest BCUT2D eigenvalue weighted by Gasteiger charge is -2.34. The molecule has 4 heterocycles. The first-order chi connectivity index (χ1) is 26.9. The molecule has 2 aromatic carbocycles. The van der Waals surface area contributed by atoms with Gasteiger partial charge in [-0.15, -0.1) is 0 Å². The van der Waals surface area contributed by atoms with Crippen molar-refractivity contribution in [2.75, 3.05) is 0 Å². The lowest BCUT2D eigenvalue weighted by atomic mass is 10.0. The molecule has 5 N–H and O–H groups in total. The van der Waals surface area contributed by atoms with Gasteiger partial charge in [0.05, 0.1) is 55.6 Å². The maximum Gasteiger partial charge on any atom is 0.305 e. The van der Waals surface area contributed by atoms with Crippen molar-refractivity contribution in [3.8, 4) is 17.6 Å². The van der Waals surface area contributed by atoms with E-state index in [1.807, 2.05) is 41.5 Å². The van der Waals surface area contributed by atoms with Gasteiger partial charge in [-0.3, -0.25) is 24.4 Å². The molecular formula is C42H46N6O9. The highest BCUT2D eigenvalue weighted by Gasteiger charge is 2.32. The number of carboxylic acid groups (broad SMARTS) is 2. The second kappa shape index (κ2) is 19.1. The van der Waals surface area contributed by atoms with Crippen LogP contribution < -0.4 is 20.5 Å². The highest BCUT2D eigenvalue weighted by molar-refractivity contribution is 5.78. The van der Waals surface area contributed by atoms with Gasteiger partial charge in [0.2, 0.25) is 11.6 Å². The number of nitriles is 1. The van der Waals surface area contributed by atoms with Crippen LogP contribution in [0.25, 0.3) is 4.85 Å². The molecule has 2 aliphatic heterocycles. The van der Waals surface area contributed by atoms with Crippen LogP contribution in [0, 0.1) is 31.8 Å². The standard InChI is InChI=1S/C21H23N3O4.C11H13NO3.C10H10N2O2/c1-13-20-17(12-27-21(2,3)28-20)16(10-23-13)11-24-18(8-19(25)26)15-6-4-14(9-22)5-7-15;1-7-10-9(8(5-13)4-12-7)6-14-11(2,3)15-10;1-12-8-4-2-7(3-5-8)9(11)6-10(13)14/h4-7,10,18,24H,8,11-12H2,1-3H3,(H,25,26);4-5H,6H2,1-3H3;2-5,9H,6,11H2,(H,13,14)/t;;9-/m..0/s1. The number of pyridine rings is 2. The van der Waals surface area contributed by atoms with E-state index in [1.165, 1.54) is 0 Å². The Bertz CT molecular complexity index is 2160. The Morgan fingerprint density at radius 2 is 1.42 bits per heavy atom. The third kappa shape index (κ3) is 12.1. The number of aliphatic carboxylic acids is 2. The van der Waals surface area contributed by atoms with E-state index in [0.29, 0.717) is 42.3 Å². The highest BCUT2D eigenvalue weighted by Crippen LogP contribution is 2.36. The zero-order valence-corrected chi connectivity index (χ0v) is 32.7. The van der Waals surface area contributed by atoms with Crippen molar-refractivity contribution in [2.24, 2.45) is 5.73 Å². The first-order valence-corrected chi connectivity index (χ1v) is 17.9. The molecule has 57 heavy (non-hydrogen) atoms. The SMILES string of the molecule is Cc1ncc(C=O)c2c1OC(C)(C)OC2.Cc1ncc(CNC(CC(=O)O)c2ccc(C#N)cc2)c2c1OC(C)(C)OC2.[C-]#[N+]c1ccc([C@@H](N)CC(=O)O)cc1. The largest absolute Gasteiger partial charge is 0.481 e. The summed E-state index contributed by atoms with van der Waals surface area (Å²) in [5.41, 5.74) is 13.0. The fourth-order valence-corrected chi connectivity index (χ4v) is 5.81. The first-order valence-electron chi connectivity index (χ1n) is 17.9. The average molecular weight is 779 g/mol. The van der Waals surface area contributed by atoms with Crippen molar-refractivity contribution in [1.29, 1.82) is 5.26 Å². The van der Waals surface area contributed by atoms with E-state index in [4.69, 9.17) is 41.6 Å². The fraction of sp³-hybridized carbons (Fsp3) is 0.357. The molecule has 4 aromatic rings. The first kappa shape index (κ1) is 43.5. The molecule has 298 valence electrons. The molecule has 2 atom stereocenters. The molecule has 0 saturated carbocycles. The van der Waals surface area contributed by atoms with Gasteiger partial charge in [0.1, 0.15) is 5.75 Å². The molecule has 0 aliphatic carbocycles. The molecule has 1 unspecified atom stereocenters. The summed E-state index contributed by atoms with van der Waals surface area (Å²) >= 11 is 0. The lowest BCUT2D eigenvalue weighted by Crippen LogP contribution is -2.36. The predicted molar refractivity (Wildman–Crippen MR) is 207 cm³/mol. The van der Waals surface area contributed by atoms with Crippen molar-refractivity contribution >= 4 is 23.9 Å². The van der Waals surface area contributed by atoms with Crippen LogP contribution in [0.1, 0.15) is 108 Å². The second-order valence-corrected chi connectivity index (χ2v) is 14.2. The van der Waals surface area contributed by atoms with Crippen LogP contribution in [0.3, 0.4) is 0 Å². The summed E-state index contributed by atoms with van der Waals surface area (Å²) in [6.45, 7) is 19.1. The van der Waals surface area contributed by atoms with E-state index < -0.39 is 35.6 Å². The monoisotopic (exact) mass is 778 g/mol. The van der Waals surface area contributed by atoms with Crippen LogP contribution in [0.4, 0.5) is 5.69 Å². The molecule has 6 rings (SSSR count). The van der Waals surface area contributed by atoms with Crippen LogP contribution in [0.5, 0.6) is 11.5 Å². The summed E-state index contributed by atoms with van der Waals surface area (Å²) in [6, 6.07) is 14.7. The molecular weight excluding hydrogens is 732 g/mol. The Labute approximate surface area is 331 Å². The van der Waals surface area contributed by atoms with Crippen molar-refractivity contribution in [3.05, 3.63) is 123 Å². The van der Waals surface area contributed by atoms with Crippen LogP contribution in [-0.2, 0) is 38.8 Å². The summed E-state index contributed by atoms with van der Waals surface area (Å²) in [5, 5.41) is 30.0. The van der Waals surface area contributed by atoms with E-state index >= 15 is 0 Å². The van der Waals surface area contributed by atoms with E-state index in [1.54, 1.807) is 60.9 Å². The van der Waals surface area contributed by atoms with Crippen molar-refractivity contribution in [3.63, 3.8) is 0 Å². The number of nitrogens with one attached hydrogen (secondary N) is 1. The number of aryl methyl sites for hydroxylation is 2. The number of rotatable bonds is 10. The minimum absolute atomic E-state index is 0.0760. The molecule has 0 saturated heterocycles. The Morgan fingerprint density at radius 3 is 1.95 bits per heavy atom. The van der Waals surface area contributed by atoms with E-state index in [0.717, 1.165) is 51.2 Å². The van der Waals surface area contributed by atoms with Gasteiger partial charge in [-0.25, -0.2) is 4.85 Å². The molecule has 15 nitrogen and oxygen atoms in total. The Hall–Kier alpha value is -6.23. The fourth-order valence-electron chi connectivity index (χ4n) is 5.81. The maximum atomic E-state index is 11.3. The van der Waals surface area contributed by atoms with Gasteiger partial charge in [0.25, 0.3) is 0 Å². The van der Waals surface area contributed by atoms with Crippen LogP contribution in [-0.4, -0.2) is 50.0 Å². The lowest BCUT2D eigenvalue weighted by molar-refractivity contribution is -0.181. The highest BCUT2D eigenvalue weighted by atomic mass is 16.7. The number of nitrogens with two attached hydrogens (primary N) is 1. The number of hydrogen-bond acceptors (Lipinski definition) is 12. The molecule has 0 fully saturated rings. The van der Waals surface area contributed by atoms with Gasteiger partial charge in [0, 0.05) is 75.4 Å². The molecule has 0 spiro atoms. The van der Waals surface area contributed by atoms with Crippen LogP contribution in [0.2, 0.25) is 0 Å². The summed E-state index contributed by atoms with van der Waals surface area (Å²) in [6.07, 6.45) is 3.91. The van der Waals surface area contributed by atoms with Crippen molar-refractivity contribution in [2.45, 2.75) is 97.8 Å². The Kier molecular flexibility index (Phi) is 14.6. The number of fused-ring (bicyclic) bond motifs is 2. The predicted octanol–water partition coefficient (Wildman–Crippen LogP) is 6.77. The second-order valence-electron chi connectivity index (χ2n) is 14.2. The van der Waals surface area contributed by atoms with Gasteiger partial charge in [-0.2, -0.15) is 5.26 Å². The Balaban J connectivity index is 0.000000209. The van der Waals surface area contributed by atoms with Crippen LogP contribution >= 0.6 is 0 Å². The number of carboxylic acids is 2. The zero-order chi connectivity index (χ0) is 41.9. The molecule has 2 aliphatic rings. The molecule has 15 heteroatoms. The number of carbonyl (C=O) groups excluding carboxylic acids is 1. The normalized spacial score (nSPS) is 15.3. The summed E-state index contributed by atoms with van der Waals surface area (Å²) < 4.78 is 22.8. The number of carbonyl (C=O) groups is 3. The number of aldehydes is 1. The number of nitrogens with zero attached hydrogens (tertiary/aromatic N) is 4. The van der Waals surface area contributed by atoms with E-state index in [2.05, 4.69) is 26.2 Å². The number of ether oxygens (including phenoxy) is 4. The van der Waals surface area contributed by atoms with Gasteiger partial charge >= 0.3 is 11.9 Å². The molecule has 0 amide bonds. The quantitative estimate of drug-likeness (QED) is 0.0964. The zero-order valence-electron chi connectivity index (χ0n) is 32.7. The van der Waals surface area contributed by atoms with Gasteiger partial charge in [0.15, 0.2) is 17.7 Å². The number of hydrogen-bond donors (Lipinski definition) is 4. The minimum atomic E-state index is -0.924. The minimum Gasteiger partial charge on any atom is -0.481 e. The van der Waals surface area contributed by atoms with Crippen LogP contribution in [0.15, 0.2) is 60.9 Å². The smallest absolute Gasteiger partial charge is 0.305 e. The van der Waals surface area contributed by atoms with Gasteiger partial charge in [-0.05, 0) is 42.7 Å². The molecule has 0 radical (unpaired) electrons. The maximum absolute atomic E-state index is 11.3. The third-order valence-electron chi connectivity index (χ3n) is 8.91. The summed E-state index contributed by atoms with van der Waals surface area (Å²) in [5.74, 6) is -1.79. The molecule has 2 aromatic heterocycles. The summed E-state index contributed by atoms with van der Waals surface area (Å²) in [7, 11) is 0. The van der Waals surface area contributed by atoms with Gasteiger partial charge < -0.3 is 40.2 Å².